The number of aliphatic carboxylic acids is 3. The third-order valence-corrected chi connectivity index (χ3v) is 7.69. The van der Waals surface area contributed by atoms with Crippen molar-refractivity contribution in [3.63, 3.8) is 0 Å². The fourth-order valence-electron chi connectivity index (χ4n) is 5.31. The maximum Gasteiger partial charge on any atom is 0.326 e. The number of amides is 5. The van der Waals surface area contributed by atoms with Gasteiger partial charge < -0.3 is 52.5 Å². The second-order valence-corrected chi connectivity index (χ2v) is 11.0. The van der Waals surface area contributed by atoms with E-state index in [4.69, 9.17) is 16.6 Å². The van der Waals surface area contributed by atoms with Gasteiger partial charge in [-0.25, -0.2) is 4.79 Å². The van der Waals surface area contributed by atoms with E-state index in [1.54, 1.807) is 0 Å². The lowest BCUT2D eigenvalue weighted by Crippen LogP contribution is -2.57. The summed E-state index contributed by atoms with van der Waals surface area (Å²) in [7, 11) is 0. The molecule has 5 amide bonds. The van der Waals surface area contributed by atoms with Crippen LogP contribution in [-0.4, -0.2) is 129 Å². The highest BCUT2D eigenvalue weighted by Gasteiger charge is 2.41. The predicted molar refractivity (Wildman–Crippen MR) is 154 cm³/mol. The van der Waals surface area contributed by atoms with Crippen LogP contribution in [0.3, 0.4) is 0 Å². The van der Waals surface area contributed by atoms with Gasteiger partial charge in [0.1, 0.15) is 24.2 Å². The second-order valence-electron chi connectivity index (χ2n) is 11.0. The zero-order chi connectivity index (χ0) is 33.7. The Morgan fingerprint density at radius 3 is 2.02 bits per heavy atom. The average Bonchev–Trinajstić information content (AvgIpc) is 3.68. The normalized spacial score (nSPS) is 19.7. The zero-order valence-corrected chi connectivity index (χ0v) is 24.9. The van der Waals surface area contributed by atoms with Gasteiger partial charge in [0.05, 0.1) is 19.0 Å². The lowest BCUT2D eigenvalue weighted by Gasteiger charge is -2.29. The van der Waals surface area contributed by atoms with Gasteiger partial charge >= 0.3 is 17.9 Å². The molecule has 0 aromatic rings. The van der Waals surface area contributed by atoms with Crippen molar-refractivity contribution >= 4 is 47.4 Å². The minimum absolute atomic E-state index is 0.0947. The number of hydrogen-bond donors (Lipinski definition) is 8. The van der Waals surface area contributed by atoms with E-state index >= 15 is 0 Å². The first kappa shape index (κ1) is 36.9. The molecule has 5 atom stereocenters. The first-order valence-corrected chi connectivity index (χ1v) is 14.9. The molecule has 2 heterocycles. The number of carboxylic acids is 3. The molecule has 18 heteroatoms. The Morgan fingerprint density at radius 1 is 0.778 bits per heavy atom. The first-order valence-electron chi connectivity index (χ1n) is 14.9. The molecule has 18 nitrogen and oxygen atoms in total. The topological polar surface area (TPSA) is 292 Å². The van der Waals surface area contributed by atoms with Crippen LogP contribution in [0.4, 0.5) is 0 Å². The number of carboxylic acid groups (broad SMARTS) is 3. The molecule has 2 fully saturated rings. The number of hydrogen-bond acceptors (Lipinski definition) is 10. The minimum atomic E-state index is -1.55. The Hall–Kier alpha value is -4.32. The molecule has 0 spiro atoms. The molecule has 2 saturated heterocycles. The molecule has 0 aromatic heterocycles. The Kier molecular flexibility index (Phi) is 14.6. The summed E-state index contributed by atoms with van der Waals surface area (Å²) in [5.74, 6) is -7.48. The zero-order valence-electron chi connectivity index (χ0n) is 24.9. The summed E-state index contributed by atoms with van der Waals surface area (Å²) in [6, 6.07) is -6.02. The van der Waals surface area contributed by atoms with Crippen LogP contribution in [0.15, 0.2) is 0 Å². The van der Waals surface area contributed by atoms with Crippen LogP contribution < -0.4 is 27.4 Å². The van der Waals surface area contributed by atoms with Crippen LogP contribution in [-0.2, 0) is 38.4 Å². The van der Waals surface area contributed by atoms with Crippen LogP contribution >= 0.6 is 0 Å². The predicted octanol–water partition coefficient (Wildman–Crippen LogP) is -3.07. The number of nitrogens with two attached hydrogens (primary N) is 2. The maximum atomic E-state index is 13.2. The van der Waals surface area contributed by atoms with Crippen LogP contribution in [0.25, 0.3) is 0 Å². The summed E-state index contributed by atoms with van der Waals surface area (Å²) >= 11 is 0. The van der Waals surface area contributed by atoms with Gasteiger partial charge in [0.15, 0.2) is 0 Å². The van der Waals surface area contributed by atoms with Gasteiger partial charge in [-0.15, -0.1) is 0 Å². The lowest BCUT2D eigenvalue weighted by molar-refractivity contribution is -0.151. The van der Waals surface area contributed by atoms with Gasteiger partial charge in [0, 0.05) is 19.5 Å². The number of likely N-dealkylation sites (tertiary alicyclic amines) is 2. The maximum absolute atomic E-state index is 13.2. The van der Waals surface area contributed by atoms with Crippen LogP contribution in [0.1, 0.15) is 64.2 Å². The van der Waals surface area contributed by atoms with Crippen LogP contribution in [0, 0.1) is 0 Å². The van der Waals surface area contributed by atoms with Crippen molar-refractivity contribution in [3.8, 4) is 0 Å². The molecular formula is C27H43N7O11. The largest absolute Gasteiger partial charge is 0.481 e. The monoisotopic (exact) mass is 641 g/mol. The minimum Gasteiger partial charge on any atom is -0.481 e. The molecule has 252 valence electrons. The van der Waals surface area contributed by atoms with Gasteiger partial charge in [-0.3, -0.25) is 33.6 Å². The van der Waals surface area contributed by atoms with Gasteiger partial charge in [0.25, 0.3) is 0 Å². The highest BCUT2D eigenvalue weighted by Crippen LogP contribution is 2.21. The highest BCUT2D eigenvalue weighted by atomic mass is 16.4. The van der Waals surface area contributed by atoms with Crippen molar-refractivity contribution in [3.05, 3.63) is 0 Å². The molecule has 0 aliphatic carbocycles. The smallest absolute Gasteiger partial charge is 0.326 e. The summed E-state index contributed by atoms with van der Waals surface area (Å²) < 4.78 is 0. The van der Waals surface area contributed by atoms with Gasteiger partial charge in [-0.05, 0) is 57.9 Å². The molecule has 5 unspecified atom stereocenters. The van der Waals surface area contributed by atoms with E-state index in [0.717, 1.165) is 4.90 Å². The Bertz CT molecular complexity index is 1130. The quantitative estimate of drug-likeness (QED) is 0.0690. The molecule has 2 aliphatic rings. The summed E-state index contributed by atoms with van der Waals surface area (Å²) in [4.78, 5) is 101. The second kappa shape index (κ2) is 17.8. The molecule has 2 rings (SSSR count). The SMILES string of the molecule is NCCCCC(NC(=O)C(N)CCC(=O)O)C(=O)NCC(=O)N1CCCC1C(=O)NC(CC(=O)O)C(=O)N1CCCC1C(=O)O. The van der Waals surface area contributed by atoms with Crippen molar-refractivity contribution in [1.29, 1.82) is 0 Å². The van der Waals surface area contributed by atoms with Gasteiger partial charge in [-0.1, -0.05) is 0 Å². The molecule has 0 saturated carbocycles. The fraction of sp³-hybridized carbons (Fsp3) is 0.704. The number of unbranched alkanes of at least 4 members (excludes halogenated alkanes) is 1. The molecule has 0 bridgehead atoms. The molecule has 2 aliphatic heterocycles. The van der Waals surface area contributed by atoms with E-state index in [0.29, 0.717) is 32.2 Å². The van der Waals surface area contributed by atoms with Crippen molar-refractivity contribution in [2.24, 2.45) is 11.5 Å². The molecule has 10 N–H and O–H groups in total. The van der Waals surface area contributed by atoms with Crippen LogP contribution in [0.5, 0.6) is 0 Å². The van der Waals surface area contributed by atoms with E-state index in [-0.39, 0.29) is 45.2 Å². The van der Waals surface area contributed by atoms with E-state index in [2.05, 4.69) is 16.0 Å². The van der Waals surface area contributed by atoms with Gasteiger partial charge in [-0.2, -0.15) is 0 Å². The molecule has 45 heavy (non-hydrogen) atoms. The highest BCUT2D eigenvalue weighted by molar-refractivity contribution is 5.96. The molecular weight excluding hydrogens is 598 g/mol. The Labute approximate surface area is 259 Å². The van der Waals surface area contributed by atoms with E-state index in [9.17, 15) is 48.6 Å². The number of carbonyl (C=O) groups is 8. The van der Waals surface area contributed by atoms with E-state index in [1.807, 2.05) is 0 Å². The fourth-order valence-corrected chi connectivity index (χ4v) is 5.31. The van der Waals surface area contributed by atoms with Crippen molar-refractivity contribution in [2.45, 2.75) is 94.4 Å². The lowest BCUT2D eigenvalue weighted by atomic mass is 10.1. The number of nitrogens with zero attached hydrogens (tertiary/aromatic N) is 2. The van der Waals surface area contributed by atoms with Gasteiger partial charge in [0.2, 0.25) is 29.5 Å². The summed E-state index contributed by atoms with van der Waals surface area (Å²) in [6.45, 7) is 0.0427. The standard InChI is InChI=1S/C27H43N7O11/c28-10-2-1-5-16(31-23(40)15(29)8-9-21(36)37)24(41)30-14-20(35)33-11-3-6-18(33)25(42)32-17(13-22(38)39)26(43)34-12-4-7-19(34)27(44)45/h15-19H,1-14,28-29H2,(H,30,41)(H,31,40)(H,32,42)(H,36,37)(H,38,39)(H,44,45). The summed E-state index contributed by atoms with van der Waals surface area (Å²) in [5, 5.41) is 34.9. The molecule has 0 radical (unpaired) electrons. The van der Waals surface area contributed by atoms with E-state index in [1.165, 1.54) is 4.90 Å². The Balaban J connectivity index is 2.04. The van der Waals surface area contributed by atoms with Crippen molar-refractivity contribution in [2.75, 3.05) is 26.2 Å². The average molecular weight is 642 g/mol. The molecule has 0 aromatic carbocycles. The number of carbonyl (C=O) groups excluding carboxylic acids is 5. The Morgan fingerprint density at radius 2 is 1.42 bits per heavy atom. The summed E-state index contributed by atoms with van der Waals surface area (Å²) in [6.07, 6.45) is 1.11. The van der Waals surface area contributed by atoms with Crippen molar-refractivity contribution < 1.29 is 53.7 Å². The third kappa shape index (κ3) is 11.3. The third-order valence-electron chi connectivity index (χ3n) is 7.69. The summed E-state index contributed by atoms with van der Waals surface area (Å²) in [5.41, 5.74) is 11.3. The first-order chi connectivity index (χ1) is 21.3. The van der Waals surface area contributed by atoms with Crippen LogP contribution in [0.2, 0.25) is 0 Å². The number of rotatable bonds is 18. The van der Waals surface area contributed by atoms with E-state index < -0.39 is 90.6 Å². The van der Waals surface area contributed by atoms with Crippen molar-refractivity contribution in [1.82, 2.24) is 25.8 Å². The number of nitrogens with one attached hydrogen (secondary N) is 3.